The maximum absolute atomic E-state index is 2.72. The highest BCUT2D eigenvalue weighted by molar-refractivity contribution is 6.09. The minimum Gasteiger partial charge on any atom is -0.337 e. The Balaban J connectivity index is 1.61. The summed E-state index contributed by atoms with van der Waals surface area (Å²) in [5.41, 5.74) is 5.44. The Bertz CT molecular complexity index is 1150. The van der Waals surface area contributed by atoms with Gasteiger partial charge in [0.25, 0.3) is 0 Å². The molecule has 0 unspecified atom stereocenters. The molecular formula is C35H47N. The number of aromatic nitrogens is 1. The molecule has 0 N–H and O–H groups in total. The molecule has 0 aliphatic carbocycles. The molecule has 0 spiro atoms. The van der Waals surface area contributed by atoms with Gasteiger partial charge in [-0.3, -0.25) is 0 Å². The molecule has 1 aromatic heterocycles. The van der Waals surface area contributed by atoms with Crippen LogP contribution in [0.3, 0.4) is 0 Å². The summed E-state index contributed by atoms with van der Waals surface area (Å²) < 4.78 is 2.72. The Morgan fingerprint density at radius 1 is 0.500 bits per heavy atom. The van der Waals surface area contributed by atoms with E-state index in [-0.39, 0.29) is 0 Å². The van der Waals surface area contributed by atoms with Crippen molar-refractivity contribution in [3.63, 3.8) is 0 Å². The fraction of sp³-hybridized carbons (Fsp3) is 0.486. The van der Waals surface area contributed by atoms with Gasteiger partial charge in [0.2, 0.25) is 0 Å². The lowest BCUT2D eigenvalue weighted by Crippen LogP contribution is -2.09. The minimum atomic E-state index is 0.590. The predicted molar refractivity (Wildman–Crippen MR) is 160 cm³/mol. The van der Waals surface area contributed by atoms with E-state index >= 15 is 0 Å². The monoisotopic (exact) mass is 481 g/mol. The van der Waals surface area contributed by atoms with E-state index < -0.39 is 0 Å². The molecule has 4 aromatic rings. The van der Waals surface area contributed by atoms with Gasteiger partial charge >= 0.3 is 0 Å². The van der Waals surface area contributed by atoms with E-state index in [0.717, 1.165) is 0 Å². The SMILES string of the molecule is CCCCCCCCC(CCCCCCCC)n1c2ccccc2c2cc(-c3ccccc3)ccc21. The van der Waals surface area contributed by atoms with E-state index in [1.54, 1.807) is 0 Å². The van der Waals surface area contributed by atoms with Gasteiger partial charge in [-0.2, -0.15) is 0 Å². The third kappa shape index (κ3) is 6.81. The number of hydrogen-bond donors (Lipinski definition) is 0. The van der Waals surface area contributed by atoms with Crippen molar-refractivity contribution in [2.45, 2.75) is 110 Å². The molecule has 4 rings (SSSR count). The number of hydrogen-bond acceptors (Lipinski definition) is 0. The van der Waals surface area contributed by atoms with Crippen LogP contribution in [-0.4, -0.2) is 4.57 Å². The molecule has 0 saturated carbocycles. The highest BCUT2D eigenvalue weighted by atomic mass is 15.0. The van der Waals surface area contributed by atoms with Crippen molar-refractivity contribution < 1.29 is 0 Å². The highest BCUT2D eigenvalue weighted by Crippen LogP contribution is 2.37. The maximum atomic E-state index is 2.72. The number of rotatable bonds is 16. The van der Waals surface area contributed by atoms with Gasteiger partial charge in [-0.25, -0.2) is 0 Å². The van der Waals surface area contributed by atoms with Gasteiger partial charge in [-0.1, -0.05) is 145 Å². The summed E-state index contributed by atoms with van der Waals surface area (Å²) in [6.07, 6.45) is 19.1. The van der Waals surface area contributed by atoms with E-state index in [1.165, 1.54) is 123 Å². The first-order valence-corrected chi connectivity index (χ1v) is 14.9. The standard InChI is InChI=1S/C35H47N/c1-3-5-7-9-11-16-22-31(23-17-12-10-8-6-4-2)36-34-25-19-18-24-32(34)33-28-30(26-27-35(33)36)29-20-14-13-15-21-29/h13-15,18-21,24-28,31H,3-12,16-17,22-23H2,1-2H3. The molecule has 1 heterocycles. The topological polar surface area (TPSA) is 4.93 Å². The van der Waals surface area contributed by atoms with E-state index in [2.05, 4.69) is 91.2 Å². The summed E-state index contributed by atoms with van der Waals surface area (Å²) in [5, 5.41) is 2.81. The van der Waals surface area contributed by atoms with Gasteiger partial charge in [0.15, 0.2) is 0 Å². The molecule has 0 bridgehead atoms. The lowest BCUT2D eigenvalue weighted by molar-refractivity contribution is 0.410. The van der Waals surface area contributed by atoms with Crippen LogP contribution in [0, 0.1) is 0 Å². The van der Waals surface area contributed by atoms with Gasteiger partial charge in [0, 0.05) is 27.8 Å². The van der Waals surface area contributed by atoms with Crippen LogP contribution >= 0.6 is 0 Å². The van der Waals surface area contributed by atoms with Crippen molar-refractivity contribution in [3.8, 4) is 11.1 Å². The van der Waals surface area contributed by atoms with E-state index in [4.69, 9.17) is 0 Å². The van der Waals surface area contributed by atoms with Gasteiger partial charge in [-0.15, -0.1) is 0 Å². The Kier molecular flexibility index (Phi) is 10.5. The van der Waals surface area contributed by atoms with Crippen LogP contribution in [0.2, 0.25) is 0 Å². The molecule has 36 heavy (non-hydrogen) atoms. The third-order valence-electron chi connectivity index (χ3n) is 7.96. The minimum absolute atomic E-state index is 0.590. The van der Waals surface area contributed by atoms with Crippen molar-refractivity contribution >= 4 is 21.8 Å². The van der Waals surface area contributed by atoms with Crippen LogP contribution in [0.4, 0.5) is 0 Å². The van der Waals surface area contributed by atoms with Crippen LogP contribution in [0.25, 0.3) is 32.9 Å². The summed E-state index contributed by atoms with van der Waals surface area (Å²) in [5.74, 6) is 0. The number of para-hydroxylation sites is 1. The zero-order valence-corrected chi connectivity index (χ0v) is 22.9. The Morgan fingerprint density at radius 3 is 1.72 bits per heavy atom. The van der Waals surface area contributed by atoms with E-state index in [9.17, 15) is 0 Å². The molecular weight excluding hydrogens is 434 g/mol. The van der Waals surface area contributed by atoms with E-state index in [1.807, 2.05) is 0 Å². The van der Waals surface area contributed by atoms with Crippen LogP contribution in [0.1, 0.15) is 110 Å². The average Bonchev–Trinajstić information content (AvgIpc) is 3.25. The van der Waals surface area contributed by atoms with Crippen molar-refractivity contribution in [1.29, 1.82) is 0 Å². The lowest BCUT2D eigenvalue weighted by Gasteiger charge is -2.22. The summed E-state index contributed by atoms with van der Waals surface area (Å²) in [4.78, 5) is 0. The first-order valence-electron chi connectivity index (χ1n) is 14.9. The number of fused-ring (bicyclic) bond motifs is 3. The van der Waals surface area contributed by atoms with Gasteiger partial charge in [0.05, 0.1) is 0 Å². The summed E-state index contributed by atoms with van der Waals surface area (Å²) in [7, 11) is 0. The molecule has 0 aliphatic heterocycles. The first-order chi connectivity index (χ1) is 17.8. The zero-order valence-electron chi connectivity index (χ0n) is 22.9. The predicted octanol–water partition coefficient (Wildman–Crippen LogP) is 11.5. The van der Waals surface area contributed by atoms with Crippen LogP contribution in [0.15, 0.2) is 72.8 Å². The normalized spacial score (nSPS) is 11.8. The van der Waals surface area contributed by atoms with Gasteiger partial charge < -0.3 is 4.57 Å². The molecule has 1 heteroatoms. The fourth-order valence-corrected chi connectivity index (χ4v) is 5.93. The largest absolute Gasteiger partial charge is 0.337 e. The van der Waals surface area contributed by atoms with Gasteiger partial charge in [-0.05, 0) is 42.2 Å². The quantitative estimate of drug-likeness (QED) is 0.140. The Hall–Kier alpha value is -2.54. The van der Waals surface area contributed by atoms with Crippen molar-refractivity contribution in [2.24, 2.45) is 0 Å². The molecule has 0 atom stereocenters. The molecule has 0 saturated heterocycles. The Labute approximate surface area is 219 Å². The second-order valence-corrected chi connectivity index (χ2v) is 10.8. The van der Waals surface area contributed by atoms with Gasteiger partial charge in [0.1, 0.15) is 0 Å². The number of unbranched alkanes of at least 4 members (excludes halogenated alkanes) is 10. The number of benzene rings is 3. The number of nitrogens with zero attached hydrogens (tertiary/aromatic N) is 1. The molecule has 0 aliphatic rings. The summed E-state index contributed by atoms with van der Waals surface area (Å²) in [6.45, 7) is 4.62. The maximum Gasteiger partial charge on any atom is 0.0494 e. The molecule has 1 nitrogen and oxygen atoms in total. The lowest BCUT2D eigenvalue weighted by atomic mass is 9.99. The van der Waals surface area contributed by atoms with Crippen molar-refractivity contribution in [3.05, 3.63) is 72.8 Å². The summed E-state index contributed by atoms with van der Waals surface area (Å²) >= 11 is 0. The smallest absolute Gasteiger partial charge is 0.0494 e. The molecule has 192 valence electrons. The van der Waals surface area contributed by atoms with Crippen molar-refractivity contribution in [1.82, 2.24) is 4.57 Å². The van der Waals surface area contributed by atoms with Crippen molar-refractivity contribution in [2.75, 3.05) is 0 Å². The fourth-order valence-electron chi connectivity index (χ4n) is 5.93. The molecule has 0 radical (unpaired) electrons. The van der Waals surface area contributed by atoms with Crippen LogP contribution < -0.4 is 0 Å². The second kappa shape index (κ2) is 14.3. The molecule has 3 aromatic carbocycles. The second-order valence-electron chi connectivity index (χ2n) is 10.8. The van der Waals surface area contributed by atoms with Crippen LogP contribution in [-0.2, 0) is 0 Å². The molecule has 0 amide bonds. The first kappa shape index (κ1) is 26.5. The summed E-state index contributed by atoms with van der Waals surface area (Å²) in [6, 6.07) is 27.7. The third-order valence-corrected chi connectivity index (χ3v) is 7.96. The average molecular weight is 482 g/mol. The highest BCUT2D eigenvalue weighted by Gasteiger charge is 2.18. The molecule has 0 fully saturated rings. The van der Waals surface area contributed by atoms with E-state index in [0.29, 0.717) is 6.04 Å². The van der Waals surface area contributed by atoms with Crippen LogP contribution in [0.5, 0.6) is 0 Å². The zero-order chi connectivity index (χ0) is 25.0. The Morgan fingerprint density at radius 2 is 1.06 bits per heavy atom.